The average Bonchev–Trinajstić information content (AvgIpc) is 3.40. The molecule has 1 aromatic carbocycles. The summed E-state index contributed by atoms with van der Waals surface area (Å²) in [4.78, 5) is 32.5. The molecule has 4 aromatic rings. The molecule has 11 heteroatoms. The smallest absolute Gasteiger partial charge is 0.350 e. The summed E-state index contributed by atoms with van der Waals surface area (Å²) >= 11 is 1.16. The van der Waals surface area contributed by atoms with E-state index in [0.717, 1.165) is 17.0 Å². The number of esters is 1. The molecule has 176 valence electrons. The molecule has 0 saturated carbocycles. The molecule has 10 nitrogen and oxygen atoms in total. The number of nitrogens with one attached hydrogen (secondary N) is 1. The predicted molar refractivity (Wildman–Crippen MR) is 126 cm³/mol. The van der Waals surface area contributed by atoms with Crippen molar-refractivity contribution in [3.8, 4) is 5.75 Å². The van der Waals surface area contributed by atoms with E-state index in [1.807, 2.05) is 42.3 Å². The Labute approximate surface area is 199 Å². The normalized spacial score (nSPS) is 11.1. The molecule has 0 unspecified atom stereocenters. The fourth-order valence-electron chi connectivity index (χ4n) is 3.27. The Hall–Kier alpha value is -3.83. The molecule has 3 heterocycles. The molecular formula is C23H23N5O5S. The highest BCUT2D eigenvalue weighted by atomic mass is 32.1. The molecule has 0 aliphatic carbocycles. The van der Waals surface area contributed by atoms with E-state index < -0.39 is 11.9 Å². The number of para-hydroxylation sites is 1. The van der Waals surface area contributed by atoms with Crippen LogP contribution in [-0.4, -0.2) is 52.7 Å². The minimum Gasteiger partial charge on any atom is -0.484 e. The highest BCUT2D eigenvalue weighted by Gasteiger charge is 2.22. The van der Waals surface area contributed by atoms with Crippen LogP contribution in [0.5, 0.6) is 5.75 Å². The molecule has 4 rings (SSSR count). The van der Waals surface area contributed by atoms with Gasteiger partial charge in [0.05, 0.1) is 25.0 Å². The van der Waals surface area contributed by atoms with Gasteiger partial charge in [-0.05, 0) is 31.3 Å². The van der Waals surface area contributed by atoms with Gasteiger partial charge in [-0.1, -0.05) is 18.2 Å². The van der Waals surface area contributed by atoms with Gasteiger partial charge < -0.3 is 19.2 Å². The van der Waals surface area contributed by atoms with Crippen molar-refractivity contribution in [2.45, 2.75) is 20.0 Å². The zero-order chi connectivity index (χ0) is 24.1. The number of benzene rings is 1. The van der Waals surface area contributed by atoms with Gasteiger partial charge in [-0.25, -0.2) is 9.78 Å². The number of thiophene rings is 1. The largest absolute Gasteiger partial charge is 0.484 e. The summed E-state index contributed by atoms with van der Waals surface area (Å²) < 4.78 is 15.8. The number of anilines is 1. The first-order valence-corrected chi connectivity index (χ1v) is 11.2. The minimum atomic E-state index is -0.548. The molecule has 0 radical (unpaired) electrons. The third-order valence-electron chi connectivity index (χ3n) is 4.77. The lowest BCUT2D eigenvalue weighted by Gasteiger charge is -2.13. The number of ether oxygens (including phenoxy) is 2. The Bertz CT molecular complexity index is 1300. The van der Waals surface area contributed by atoms with Gasteiger partial charge in [0, 0.05) is 18.9 Å². The maximum atomic E-state index is 12.5. The Morgan fingerprint density at radius 1 is 1.12 bits per heavy atom. The van der Waals surface area contributed by atoms with Crippen LogP contribution in [0, 0.1) is 6.92 Å². The molecule has 0 atom stereocenters. The van der Waals surface area contributed by atoms with E-state index in [1.54, 1.807) is 19.1 Å². The maximum Gasteiger partial charge on any atom is 0.350 e. The predicted octanol–water partition coefficient (Wildman–Crippen LogP) is 3.42. The van der Waals surface area contributed by atoms with Crippen LogP contribution in [0.1, 0.15) is 27.1 Å². The number of amides is 1. The number of methoxy groups -OCH3 is 1. The summed E-state index contributed by atoms with van der Waals surface area (Å²) in [5.74, 6) is 0.667. The van der Waals surface area contributed by atoms with Crippen LogP contribution >= 0.6 is 11.3 Å². The van der Waals surface area contributed by atoms with Gasteiger partial charge in [-0.15, -0.1) is 21.5 Å². The number of carbonyl (C=O) groups excluding carboxylic acids is 2. The Balaban J connectivity index is 1.51. The number of fused-ring (bicyclic) bond motifs is 1. The molecule has 1 N–H and O–H groups in total. The van der Waals surface area contributed by atoms with Gasteiger partial charge in [-0.3, -0.25) is 9.69 Å². The highest BCUT2D eigenvalue weighted by Crippen LogP contribution is 2.35. The zero-order valence-corrected chi connectivity index (χ0v) is 19.7. The Kier molecular flexibility index (Phi) is 7.14. The monoisotopic (exact) mass is 481 g/mol. The van der Waals surface area contributed by atoms with Crippen molar-refractivity contribution in [3.05, 3.63) is 64.8 Å². The van der Waals surface area contributed by atoms with E-state index in [4.69, 9.17) is 13.9 Å². The van der Waals surface area contributed by atoms with Gasteiger partial charge in [0.1, 0.15) is 15.5 Å². The number of aromatic nitrogens is 3. The van der Waals surface area contributed by atoms with Crippen LogP contribution in [0.3, 0.4) is 0 Å². The van der Waals surface area contributed by atoms with Crippen LogP contribution in [0.4, 0.5) is 5.69 Å². The zero-order valence-electron chi connectivity index (χ0n) is 18.9. The molecule has 0 fully saturated rings. The van der Waals surface area contributed by atoms with Gasteiger partial charge in [0.2, 0.25) is 11.8 Å². The quantitative estimate of drug-likeness (QED) is 0.359. The average molecular weight is 482 g/mol. The van der Waals surface area contributed by atoms with Crippen molar-refractivity contribution in [2.75, 3.05) is 26.1 Å². The number of aryl methyl sites for hydroxylation is 1. The second kappa shape index (κ2) is 10.4. The Morgan fingerprint density at radius 3 is 2.62 bits per heavy atom. The van der Waals surface area contributed by atoms with Gasteiger partial charge in [0.25, 0.3) is 5.91 Å². The number of carbonyl (C=O) groups is 2. The lowest BCUT2D eigenvalue weighted by atomic mass is 10.2. The SMILES string of the molecule is COC(=O)c1sc2nc(CN(C)Cc3nnc(C)o3)ccc2c1NC(=O)COc1ccccc1. The lowest BCUT2D eigenvalue weighted by Crippen LogP contribution is -2.21. The highest BCUT2D eigenvalue weighted by molar-refractivity contribution is 7.21. The second-order valence-electron chi connectivity index (χ2n) is 7.49. The van der Waals surface area contributed by atoms with E-state index in [0.29, 0.717) is 46.5 Å². The van der Waals surface area contributed by atoms with Crippen molar-refractivity contribution in [1.82, 2.24) is 20.1 Å². The molecule has 0 bridgehead atoms. The maximum absolute atomic E-state index is 12.5. The molecule has 0 spiro atoms. The molecule has 3 aromatic heterocycles. The number of pyridine rings is 1. The standard InChI is InChI=1S/C23H23N5O5S/c1-14-26-27-19(33-14)12-28(2)11-15-9-10-17-20(21(23(30)31-3)34-22(17)24-15)25-18(29)13-32-16-7-5-4-6-8-16/h4-10H,11-13H2,1-3H3,(H,25,29). The Morgan fingerprint density at radius 2 is 1.91 bits per heavy atom. The van der Waals surface area contributed by atoms with E-state index in [1.165, 1.54) is 7.11 Å². The number of hydrogen-bond acceptors (Lipinski definition) is 10. The van der Waals surface area contributed by atoms with Gasteiger partial charge in [-0.2, -0.15) is 0 Å². The van der Waals surface area contributed by atoms with Crippen molar-refractivity contribution in [3.63, 3.8) is 0 Å². The molecule has 34 heavy (non-hydrogen) atoms. The van der Waals surface area contributed by atoms with Crippen LogP contribution in [0.25, 0.3) is 10.2 Å². The third kappa shape index (κ3) is 5.56. The first-order chi connectivity index (χ1) is 16.4. The van der Waals surface area contributed by atoms with Crippen molar-refractivity contribution in [1.29, 1.82) is 0 Å². The molecule has 0 saturated heterocycles. The lowest BCUT2D eigenvalue weighted by molar-refractivity contribution is -0.118. The number of hydrogen-bond donors (Lipinski definition) is 1. The summed E-state index contributed by atoms with van der Waals surface area (Å²) in [5.41, 5.74) is 1.15. The van der Waals surface area contributed by atoms with Gasteiger partial charge >= 0.3 is 5.97 Å². The van der Waals surface area contributed by atoms with Crippen molar-refractivity contribution >= 4 is 39.1 Å². The molecule has 1 amide bonds. The van der Waals surface area contributed by atoms with Crippen LogP contribution in [-0.2, 0) is 22.6 Å². The first-order valence-electron chi connectivity index (χ1n) is 10.4. The van der Waals surface area contributed by atoms with Gasteiger partial charge in [0.15, 0.2) is 6.61 Å². The summed E-state index contributed by atoms with van der Waals surface area (Å²) in [7, 11) is 3.21. The summed E-state index contributed by atoms with van der Waals surface area (Å²) in [6.07, 6.45) is 0. The van der Waals surface area contributed by atoms with Crippen molar-refractivity contribution in [2.24, 2.45) is 0 Å². The van der Waals surface area contributed by atoms with E-state index in [2.05, 4.69) is 20.5 Å². The number of rotatable bonds is 9. The summed E-state index contributed by atoms with van der Waals surface area (Å²) in [5, 5.41) is 11.3. The molecule has 0 aliphatic rings. The van der Waals surface area contributed by atoms with Crippen LogP contribution in [0.2, 0.25) is 0 Å². The van der Waals surface area contributed by atoms with E-state index >= 15 is 0 Å². The van der Waals surface area contributed by atoms with E-state index in [-0.39, 0.29) is 11.5 Å². The number of nitrogens with zero attached hydrogens (tertiary/aromatic N) is 4. The van der Waals surface area contributed by atoms with Crippen LogP contribution in [0.15, 0.2) is 46.9 Å². The van der Waals surface area contributed by atoms with Crippen LogP contribution < -0.4 is 10.1 Å². The van der Waals surface area contributed by atoms with E-state index in [9.17, 15) is 9.59 Å². The first kappa shape index (κ1) is 23.3. The third-order valence-corrected chi connectivity index (χ3v) is 5.85. The molecular weight excluding hydrogens is 458 g/mol. The molecule has 0 aliphatic heterocycles. The van der Waals surface area contributed by atoms with Crippen molar-refractivity contribution < 1.29 is 23.5 Å². The summed E-state index contributed by atoms with van der Waals surface area (Å²) in [6.45, 7) is 2.54. The minimum absolute atomic E-state index is 0.201. The fourth-order valence-corrected chi connectivity index (χ4v) is 4.34. The fraction of sp³-hybridized carbons (Fsp3) is 0.261. The summed E-state index contributed by atoms with van der Waals surface area (Å²) in [6, 6.07) is 12.7. The second-order valence-corrected chi connectivity index (χ2v) is 8.49. The topological polar surface area (TPSA) is 120 Å².